The number of ether oxygens (including phenoxy) is 6. The highest BCUT2D eigenvalue weighted by Gasteiger charge is 2.37. The van der Waals surface area contributed by atoms with Crippen molar-refractivity contribution in [3.63, 3.8) is 0 Å². The molecule has 0 unspecified atom stereocenters. The van der Waals surface area contributed by atoms with Crippen molar-refractivity contribution in [3.05, 3.63) is 108 Å². The zero-order chi connectivity index (χ0) is 29.4. The summed E-state index contributed by atoms with van der Waals surface area (Å²) in [7, 11) is 0. The van der Waals surface area contributed by atoms with Gasteiger partial charge in [0.1, 0.15) is 5.60 Å². The van der Waals surface area contributed by atoms with Crippen LogP contribution in [0.5, 0.6) is 0 Å². The summed E-state index contributed by atoms with van der Waals surface area (Å²) in [5.74, 6) is 0. The molecule has 0 atom stereocenters. The van der Waals surface area contributed by atoms with Crippen molar-refractivity contribution in [2.75, 3.05) is 77.1 Å². The summed E-state index contributed by atoms with van der Waals surface area (Å²) in [6, 6.07) is 31.1. The molecule has 0 aliphatic heterocycles. The number of benzene rings is 3. The molecule has 3 rings (SSSR count). The molecule has 0 radical (unpaired) electrons. The third kappa shape index (κ3) is 12.8. The molecule has 3 aromatic rings. The van der Waals surface area contributed by atoms with E-state index >= 15 is 0 Å². The molecule has 0 amide bonds. The Hall–Kier alpha value is -1.85. The van der Waals surface area contributed by atoms with E-state index in [1.807, 2.05) is 18.2 Å². The van der Waals surface area contributed by atoms with Crippen molar-refractivity contribution < 1.29 is 28.4 Å². The van der Waals surface area contributed by atoms with E-state index in [2.05, 4.69) is 95.4 Å². The molecule has 7 heteroatoms. The third-order valence-electron chi connectivity index (χ3n) is 6.75. The van der Waals surface area contributed by atoms with Crippen LogP contribution in [0.25, 0.3) is 0 Å². The van der Waals surface area contributed by atoms with Gasteiger partial charge in [-0.3, -0.25) is 0 Å². The topological polar surface area (TPSA) is 55.4 Å². The van der Waals surface area contributed by atoms with Crippen molar-refractivity contribution in [2.24, 2.45) is 0 Å². The van der Waals surface area contributed by atoms with E-state index < -0.39 is 5.60 Å². The largest absolute Gasteiger partial charge is 0.379 e. The Balaban J connectivity index is 1.26. The van der Waals surface area contributed by atoms with Crippen LogP contribution in [0.2, 0.25) is 0 Å². The Kier molecular flexibility index (Phi) is 18.7. The van der Waals surface area contributed by atoms with Gasteiger partial charge in [-0.15, -0.1) is 0 Å². The average Bonchev–Trinajstić information content (AvgIpc) is 3.05. The quantitative estimate of drug-likeness (QED) is 0.0411. The predicted octanol–water partition coefficient (Wildman–Crippen LogP) is 7.07. The van der Waals surface area contributed by atoms with Crippen LogP contribution in [0.3, 0.4) is 0 Å². The lowest BCUT2D eigenvalue weighted by atomic mass is 9.80. The number of unbranched alkanes of at least 4 members (excludes halogenated alkanes) is 3. The lowest BCUT2D eigenvalue weighted by molar-refractivity contribution is -0.0391. The minimum atomic E-state index is -0.731. The van der Waals surface area contributed by atoms with Gasteiger partial charge < -0.3 is 28.4 Å². The molecule has 0 fully saturated rings. The summed E-state index contributed by atoms with van der Waals surface area (Å²) >= 11 is 2.43. The van der Waals surface area contributed by atoms with Crippen LogP contribution >= 0.6 is 22.6 Å². The molecule has 0 bridgehead atoms. The first-order valence-corrected chi connectivity index (χ1v) is 16.7. The lowest BCUT2D eigenvalue weighted by Crippen LogP contribution is -2.34. The maximum absolute atomic E-state index is 6.72. The first-order chi connectivity index (χ1) is 20.9. The summed E-state index contributed by atoms with van der Waals surface area (Å²) in [4.78, 5) is 0. The summed E-state index contributed by atoms with van der Waals surface area (Å²) in [6.45, 7) is 6.18. The number of hydrogen-bond donors (Lipinski definition) is 0. The number of rotatable bonds is 25. The molecule has 0 aromatic heterocycles. The van der Waals surface area contributed by atoms with Crippen molar-refractivity contribution in [3.8, 4) is 0 Å². The van der Waals surface area contributed by atoms with Gasteiger partial charge in [0.05, 0.1) is 66.1 Å². The monoisotopic (exact) mass is 690 g/mol. The molecule has 0 aliphatic carbocycles. The molecule has 0 saturated carbocycles. The van der Waals surface area contributed by atoms with Gasteiger partial charge in [-0.1, -0.05) is 126 Å². The van der Waals surface area contributed by atoms with Gasteiger partial charge in [0.15, 0.2) is 0 Å². The first kappa shape index (κ1) is 34.6. The summed E-state index contributed by atoms with van der Waals surface area (Å²) in [5, 5.41) is 0. The third-order valence-corrected chi connectivity index (χ3v) is 7.51. The fourth-order valence-electron chi connectivity index (χ4n) is 4.66. The van der Waals surface area contributed by atoms with E-state index in [9.17, 15) is 0 Å². The highest BCUT2D eigenvalue weighted by Crippen LogP contribution is 2.40. The van der Waals surface area contributed by atoms with E-state index in [4.69, 9.17) is 28.4 Å². The van der Waals surface area contributed by atoms with Gasteiger partial charge in [-0.25, -0.2) is 0 Å². The van der Waals surface area contributed by atoms with E-state index in [0.29, 0.717) is 66.1 Å². The van der Waals surface area contributed by atoms with Crippen LogP contribution in [0.1, 0.15) is 42.4 Å². The Bertz CT molecular complexity index is 925. The summed E-state index contributed by atoms with van der Waals surface area (Å²) < 4.78 is 36.2. The van der Waals surface area contributed by atoms with E-state index in [0.717, 1.165) is 29.7 Å². The van der Waals surface area contributed by atoms with Gasteiger partial charge >= 0.3 is 0 Å². The second-order valence-corrected chi connectivity index (χ2v) is 10.9. The van der Waals surface area contributed by atoms with Gasteiger partial charge in [0.2, 0.25) is 0 Å². The van der Waals surface area contributed by atoms with Gasteiger partial charge in [-0.05, 0) is 34.0 Å². The second kappa shape index (κ2) is 22.7. The fraction of sp³-hybridized carbons (Fsp3) is 0.486. The molecular formula is C35H47IO6. The number of hydrogen-bond acceptors (Lipinski definition) is 6. The molecular weight excluding hydrogens is 643 g/mol. The minimum absolute atomic E-state index is 0.436. The smallest absolute Gasteiger partial charge is 0.143 e. The maximum atomic E-state index is 6.72. The lowest BCUT2D eigenvalue weighted by Gasteiger charge is -2.36. The molecule has 3 aromatic carbocycles. The van der Waals surface area contributed by atoms with Crippen LogP contribution in [0.15, 0.2) is 91.0 Å². The van der Waals surface area contributed by atoms with Crippen molar-refractivity contribution >= 4 is 22.6 Å². The van der Waals surface area contributed by atoms with Crippen LogP contribution in [-0.4, -0.2) is 77.1 Å². The van der Waals surface area contributed by atoms with Gasteiger partial charge in [-0.2, -0.15) is 0 Å². The summed E-state index contributed by atoms with van der Waals surface area (Å²) in [6.07, 6.45) is 4.99. The van der Waals surface area contributed by atoms with Crippen LogP contribution in [0, 0.1) is 0 Å². The second-order valence-electron chi connectivity index (χ2n) is 9.79. The Labute approximate surface area is 266 Å². The number of halogens is 1. The zero-order valence-electron chi connectivity index (χ0n) is 24.8. The van der Waals surface area contributed by atoms with Crippen molar-refractivity contribution in [1.29, 1.82) is 0 Å². The van der Waals surface area contributed by atoms with E-state index in [-0.39, 0.29) is 0 Å². The van der Waals surface area contributed by atoms with Crippen LogP contribution in [0.4, 0.5) is 0 Å². The Morgan fingerprint density at radius 3 is 1.10 bits per heavy atom. The summed E-state index contributed by atoms with van der Waals surface area (Å²) in [5.41, 5.74) is 2.51. The predicted molar refractivity (Wildman–Crippen MR) is 177 cm³/mol. The maximum Gasteiger partial charge on any atom is 0.143 e. The highest BCUT2D eigenvalue weighted by atomic mass is 127. The minimum Gasteiger partial charge on any atom is -0.379 e. The molecule has 230 valence electrons. The normalized spacial score (nSPS) is 11.6. The van der Waals surface area contributed by atoms with Gasteiger partial charge in [0.25, 0.3) is 0 Å². The molecule has 0 spiro atoms. The molecule has 6 nitrogen and oxygen atoms in total. The average molecular weight is 691 g/mol. The molecule has 0 aliphatic rings. The van der Waals surface area contributed by atoms with Crippen molar-refractivity contribution in [2.45, 2.75) is 31.3 Å². The van der Waals surface area contributed by atoms with E-state index in [1.54, 1.807) is 0 Å². The van der Waals surface area contributed by atoms with Gasteiger partial charge in [0, 0.05) is 6.61 Å². The van der Waals surface area contributed by atoms with Crippen LogP contribution < -0.4 is 0 Å². The first-order valence-electron chi connectivity index (χ1n) is 15.1. The highest BCUT2D eigenvalue weighted by molar-refractivity contribution is 14.1. The SMILES string of the molecule is ICCCCCCOCCOCCOCCOCCOCCOC(c1ccccc1)(c1ccccc1)c1ccccc1. The molecule has 42 heavy (non-hydrogen) atoms. The van der Waals surface area contributed by atoms with Crippen molar-refractivity contribution in [1.82, 2.24) is 0 Å². The molecule has 0 saturated heterocycles. The molecule has 0 heterocycles. The number of alkyl halides is 1. The fourth-order valence-corrected chi connectivity index (χ4v) is 5.20. The Morgan fingerprint density at radius 2 is 0.714 bits per heavy atom. The Morgan fingerprint density at radius 1 is 0.381 bits per heavy atom. The van der Waals surface area contributed by atoms with Crippen LogP contribution in [-0.2, 0) is 34.0 Å². The zero-order valence-corrected chi connectivity index (χ0v) is 27.0. The molecule has 0 N–H and O–H groups in total. The van der Waals surface area contributed by atoms with E-state index in [1.165, 1.54) is 23.7 Å². The standard InChI is InChI=1S/C35H47IO6/c36-20-12-1-2-13-21-37-22-23-38-24-25-39-26-27-40-28-29-41-30-31-42-35(32-14-6-3-7-15-32,33-16-8-4-9-17-33)34-18-10-5-11-19-34/h3-11,14-19H,1-2,12-13,20-31H2.